The number of benzene rings is 2. The fourth-order valence-corrected chi connectivity index (χ4v) is 6.21. The van der Waals surface area contributed by atoms with Gasteiger partial charge < -0.3 is 13.9 Å². The van der Waals surface area contributed by atoms with Gasteiger partial charge in [0.2, 0.25) is 11.8 Å². The van der Waals surface area contributed by atoms with Gasteiger partial charge in [-0.3, -0.25) is 4.31 Å². The second kappa shape index (κ2) is 13.4. The van der Waals surface area contributed by atoms with Crippen LogP contribution in [0.25, 0.3) is 11.6 Å². The first-order chi connectivity index (χ1) is 20.0. The standard InChI is InChI=1S/C24H21Cl2FN2O4S.C4H6N2O2/c1-3-32-24-22(13-17(25)14-28-24)34(30,31)29-9-10-33-21-8-7-16(12-20(21)29)11-15(2)23-18(26)5-4-6-19(23)27;1-2-3-5-6-4(7)8-3/h4-8,11-14H,3,9-10H2,1-2H3;2H2,1H3,(H,6,7)/b15-11+;. The lowest BCUT2D eigenvalue weighted by Crippen LogP contribution is -2.38. The van der Waals surface area contributed by atoms with Crippen LogP contribution in [-0.2, 0) is 16.4 Å². The lowest BCUT2D eigenvalue weighted by Gasteiger charge is -2.31. The molecule has 3 heterocycles. The van der Waals surface area contributed by atoms with Gasteiger partial charge in [-0.2, -0.15) is 0 Å². The molecule has 0 aliphatic carbocycles. The van der Waals surface area contributed by atoms with E-state index in [1.165, 1.54) is 28.7 Å². The number of nitrogens with zero attached hydrogens (tertiary/aromatic N) is 3. The third-order valence-corrected chi connectivity index (χ3v) is 8.29. The Morgan fingerprint density at radius 3 is 2.64 bits per heavy atom. The quantitative estimate of drug-likeness (QED) is 0.245. The van der Waals surface area contributed by atoms with Crippen LogP contribution in [0.2, 0.25) is 10.0 Å². The van der Waals surface area contributed by atoms with E-state index in [4.69, 9.17) is 32.7 Å². The highest BCUT2D eigenvalue weighted by molar-refractivity contribution is 7.93. The van der Waals surface area contributed by atoms with Crippen LogP contribution >= 0.6 is 23.2 Å². The minimum Gasteiger partial charge on any atom is -0.489 e. The van der Waals surface area contributed by atoms with Crippen molar-refractivity contribution in [3.63, 3.8) is 0 Å². The molecule has 0 atom stereocenters. The Hall–Kier alpha value is -3.87. The van der Waals surface area contributed by atoms with Crippen molar-refractivity contribution in [3.8, 4) is 11.6 Å². The molecule has 5 rings (SSSR count). The molecule has 1 aliphatic heterocycles. The Bertz CT molecular complexity index is 1750. The fraction of sp³-hybridized carbons (Fsp3) is 0.250. The van der Waals surface area contributed by atoms with Crippen molar-refractivity contribution in [1.82, 2.24) is 15.2 Å². The van der Waals surface area contributed by atoms with E-state index in [0.29, 0.717) is 34.9 Å². The van der Waals surface area contributed by atoms with Gasteiger partial charge in [-0.15, -0.1) is 5.10 Å². The summed E-state index contributed by atoms with van der Waals surface area (Å²) in [7, 11) is -4.08. The van der Waals surface area contributed by atoms with Crippen LogP contribution in [0.1, 0.15) is 37.8 Å². The van der Waals surface area contributed by atoms with E-state index in [-0.39, 0.29) is 46.1 Å². The van der Waals surface area contributed by atoms with Gasteiger partial charge in [0, 0.05) is 18.2 Å². The van der Waals surface area contributed by atoms with Crippen molar-refractivity contribution in [2.75, 3.05) is 24.1 Å². The summed E-state index contributed by atoms with van der Waals surface area (Å²) in [6.45, 7) is 5.82. The number of hydrogen-bond donors (Lipinski definition) is 1. The molecule has 1 aliphatic rings. The van der Waals surface area contributed by atoms with Crippen LogP contribution in [0.3, 0.4) is 0 Å². The minimum atomic E-state index is -4.08. The average molecular weight is 638 g/mol. The van der Waals surface area contributed by atoms with Gasteiger partial charge in [0.05, 0.1) is 28.9 Å². The molecule has 0 unspecified atom stereocenters. The first-order valence-electron chi connectivity index (χ1n) is 12.8. The zero-order valence-electron chi connectivity index (χ0n) is 22.9. The van der Waals surface area contributed by atoms with Crippen LogP contribution in [-0.4, -0.2) is 43.4 Å². The normalized spacial score (nSPS) is 13.1. The van der Waals surface area contributed by atoms with E-state index < -0.39 is 21.6 Å². The average Bonchev–Trinajstić information content (AvgIpc) is 3.39. The fourth-order valence-electron chi connectivity index (χ4n) is 4.12. The lowest BCUT2D eigenvalue weighted by molar-refractivity contribution is 0.312. The number of H-pyrrole nitrogens is 1. The predicted octanol–water partition coefficient (Wildman–Crippen LogP) is 6.00. The number of hydrogen-bond acceptors (Lipinski definition) is 8. The second-order valence-corrected chi connectivity index (χ2v) is 11.5. The number of sulfonamides is 1. The van der Waals surface area contributed by atoms with Gasteiger partial charge in [-0.05, 0) is 55.3 Å². The molecule has 0 amide bonds. The number of aryl methyl sites for hydroxylation is 1. The highest BCUT2D eigenvalue weighted by atomic mass is 35.5. The molecule has 0 spiro atoms. The number of fused-ring (bicyclic) bond motifs is 1. The van der Waals surface area contributed by atoms with E-state index >= 15 is 0 Å². The van der Waals surface area contributed by atoms with Crippen molar-refractivity contribution in [2.45, 2.75) is 32.1 Å². The summed E-state index contributed by atoms with van der Waals surface area (Å²) in [5.41, 5.74) is 1.87. The number of pyridine rings is 1. The van der Waals surface area contributed by atoms with Crippen LogP contribution in [0.15, 0.2) is 62.8 Å². The van der Waals surface area contributed by atoms with E-state index in [2.05, 4.69) is 19.6 Å². The number of nitrogens with one attached hydrogen (secondary N) is 1. The molecule has 42 heavy (non-hydrogen) atoms. The van der Waals surface area contributed by atoms with Gasteiger partial charge in [-0.1, -0.05) is 48.3 Å². The second-order valence-electron chi connectivity index (χ2n) is 8.83. The molecular weight excluding hydrogens is 610 g/mol. The van der Waals surface area contributed by atoms with Crippen molar-refractivity contribution < 1.29 is 26.7 Å². The Morgan fingerprint density at radius 1 is 1.21 bits per heavy atom. The summed E-state index contributed by atoms with van der Waals surface area (Å²) < 4.78 is 58.5. The zero-order valence-corrected chi connectivity index (χ0v) is 25.2. The highest BCUT2D eigenvalue weighted by Crippen LogP contribution is 2.39. The van der Waals surface area contributed by atoms with Gasteiger partial charge in [-0.25, -0.2) is 27.7 Å². The maximum Gasteiger partial charge on any atom is 0.434 e. The number of ether oxygens (including phenoxy) is 2. The Morgan fingerprint density at radius 2 is 2.00 bits per heavy atom. The Labute approximate surface area is 251 Å². The molecule has 2 aromatic carbocycles. The van der Waals surface area contributed by atoms with E-state index in [0.717, 1.165) is 0 Å². The molecule has 4 aromatic rings. The lowest BCUT2D eigenvalue weighted by atomic mass is 10.0. The molecular formula is C28H27Cl2FN4O6S. The summed E-state index contributed by atoms with van der Waals surface area (Å²) in [5, 5.41) is 6.14. The zero-order chi connectivity index (χ0) is 30.4. The van der Waals surface area contributed by atoms with E-state index in [9.17, 15) is 17.6 Å². The van der Waals surface area contributed by atoms with Crippen LogP contribution < -0.4 is 19.5 Å². The van der Waals surface area contributed by atoms with E-state index in [1.807, 2.05) is 6.92 Å². The summed E-state index contributed by atoms with van der Waals surface area (Å²) in [5.74, 6) is -0.0944. The largest absolute Gasteiger partial charge is 0.489 e. The Kier molecular flexibility index (Phi) is 9.92. The SMILES string of the molecule is CCOc1ncc(Cl)cc1S(=O)(=O)N1CCOc2ccc(/C=C(\C)c3c(F)cccc3Cl)cc21.CCc1n[nH]c(=O)o1. The van der Waals surface area contributed by atoms with Gasteiger partial charge in [0.25, 0.3) is 10.0 Å². The van der Waals surface area contributed by atoms with Gasteiger partial charge >= 0.3 is 5.76 Å². The van der Waals surface area contributed by atoms with Crippen molar-refractivity contribution in [3.05, 3.63) is 92.1 Å². The monoisotopic (exact) mass is 636 g/mol. The first-order valence-corrected chi connectivity index (χ1v) is 15.0. The minimum absolute atomic E-state index is 0.0268. The Balaban J connectivity index is 0.000000437. The van der Waals surface area contributed by atoms with Crippen molar-refractivity contribution >= 4 is 50.6 Å². The third-order valence-electron chi connectivity index (χ3n) is 5.96. The van der Waals surface area contributed by atoms with Gasteiger partial charge in [0.15, 0.2) is 4.90 Å². The van der Waals surface area contributed by atoms with E-state index in [1.54, 1.807) is 44.2 Å². The third kappa shape index (κ3) is 6.94. The molecule has 0 radical (unpaired) electrons. The van der Waals surface area contributed by atoms with Crippen molar-refractivity contribution in [2.24, 2.45) is 0 Å². The molecule has 1 N–H and O–H groups in total. The highest BCUT2D eigenvalue weighted by Gasteiger charge is 2.33. The molecule has 10 nitrogen and oxygen atoms in total. The number of rotatable bonds is 7. The summed E-state index contributed by atoms with van der Waals surface area (Å²) in [6.07, 6.45) is 3.72. The molecule has 0 fully saturated rings. The molecule has 0 bridgehead atoms. The molecule has 14 heteroatoms. The van der Waals surface area contributed by atoms with Crippen LogP contribution in [0.4, 0.5) is 10.1 Å². The predicted molar refractivity (Wildman–Crippen MR) is 158 cm³/mol. The van der Waals surface area contributed by atoms with Crippen LogP contribution in [0.5, 0.6) is 11.6 Å². The molecule has 0 saturated heterocycles. The first kappa shape index (κ1) is 31.1. The topological polar surface area (TPSA) is 128 Å². The summed E-state index contributed by atoms with van der Waals surface area (Å²) >= 11 is 12.2. The molecule has 222 valence electrons. The smallest absolute Gasteiger partial charge is 0.434 e. The molecule has 2 aromatic heterocycles. The number of anilines is 1. The van der Waals surface area contributed by atoms with Crippen molar-refractivity contribution in [1.29, 1.82) is 0 Å². The molecule has 0 saturated carbocycles. The number of halogens is 3. The van der Waals surface area contributed by atoms with Gasteiger partial charge in [0.1, 0.15) is 18.2 Å². The number of aromatic nitrogens is 3. The summed E-state index contributed by atoms with van der Waals surface area (Å²) in [6, 6.07) is 10.9. The number of allylic oxidation sites excluding steroid dienone is 1. The maximum atomic E-state index is 14.4. The maximum absolute atomic E-state index is 14.4. The number of aromatic amines is 1. The summed E-state index contributed by atoms with van der Waals surface area (Å²) in [4.78, 5) is 14.1. The van der Waals surface area contributed by atoms with Crippen LogP contribution in [0, 0.1) is 5.82 Å².